The molecule has 0 radical (unpaired) electrons. The van der Waals surface area contributed by atoms with E-state index in [0.29, 0.717) is 0 Å². The monoisotopic (exact) mass is 344 g/mol. The Morgan fingerprint density at radius 3 is 1.15 bits per heavy atom. The van der Waals surface area contributed by atoms with Crippen LogP contribution in [0.3, 0.4) is 0 Å². The first-order valence-electron chi connectivity index (χ1n) is 9.62. The maximum atomic E-state index is 2.34. The Balaban J connectivity index is 0.00000117. The minimum absolute atomic E-state index is 0.155. The zero-order valence-electron chi connectivity index (χ0n) is 17.4. The molecule has 0 aliphatic carbocycles. The van der Waals surface area contributed by atoms with Gasteiger partial charge in [0.2, 0.25) is 0 Å². The lowest BCUT2D eigenvalue weighted by molar-refractivity contribution is 0.690. The SMILES string of the molecule is CC.Cc1ccc(C(C)(c2ccc(C)cc2)c2cc(C)cc(C)c2)cc1. The maximum absolute atomic E-state index is 2.34. The van der Waals surface area contributed by atoms with Crippen LogP contribution in [0.5, 0.6) is 0 Å². The predicted molar refractivity (Wildman–Crippen MR) is 115 cm³/mol. The molecule has 0 nitrogen and oxygen atoms in total. The molecule has 0 aliphatic rings. The zero-order chi connectivity index (χ0) is 19.3. The fraction of sp³-hybridized carbons (Fsp3) is 0.308. The standard InChI is InChI=1S/C24H26.C2H6/c1-17-6-10-21(11-7-17)24(5,22-12-8-18(2)9-13-22)23-15-19(3)14-20(4)16-23;1-2/h6-16H,1-5H3;1-2H3. The molecule has 0 amide bonds. The lowest BCUT2D eigenvalue weighted by Gasteiger charge is -2.33. The molecule has 0 aliphatic heterocycles. The van der Waals surface area contributed by atoms with Crippen molar-refractivity contribution in [2.45, 2.75) is 53.9 Å². The summed E-state index contributed by atoms with van der Waals surface area (Å²) in [5.74, 6) is 0. The second kappa shape index (κ2) is 8.36. The van der Waals surface area contributed by atoms with Gasteiger partial charge >= 0.3 is 0 Å². The van der Waals surface area contributed by atoms with Crippen molar-refractivity contribution < 1.29 is 0 Å². The summed E-state index contributed by atoms with van der Waals surface area (Å²) in [7, 11) is 0. The fourth-order valence-electron chi connectivity index (χ4n) is 3.54. The number of hydrogen-bond acceptors (Lipinski definition) is 0. The highest BCUT2D eigenvalue weighted by molar-refractivity contribution is 5.51. The van der Waals surface area contributed by atoms with E-state index < -0.39 is 0 Å². The molecule has 0 fully saturated rings. The lowest BCUT2D eigenvalue weighted by atomic mass is 9.70. The largest absolute Gasteiger partial charge is 0.0683 e. The first-order valence-corrected chi connectivity index (χ1v) is 9.62. The number of rotatable bonds is 3. The highest BCUT2D eigenvalue weighted by atomic mass is 14.3. The van der Waals surface area contributed by atoms with E-state index in [1.165, 1.54) is 38.9 Å². The summed E-state index contributed by atoms with van der Waals surface area (Å²) < 4.78 is 0. The van der Waals surface area contributed by atoms with Crippen LogP contribution in [0.25, 0.3) is 0 Å². The van der Waals surface area contributed by atoms with Crippen molar-refractivity contribution in [1.29, 1.82) is 0 Å². The van der Waals surface area contributed by atoms with E-state index in [0.717, 1.165) is 0 Å². The van der Waals surface area contributed by atoms with E-state index in [4.69, 9.17) is 0 Å². The van der Waals surface area contributed by atoms with Crippen LogP contribution >= 0.6 is 0 Å². The molecule has 0 heterocycles. The van der Waals surface area contributed by atoms with E-state index in [-0.39, 0.29) is 5.41 Å². The van der Waals surface area contributed by atoms with E-state index >= 15 is 0 Å². The Labute approximate surface area is 159 Å². The van der Waals surface area contributed by atoms with Crippen LogP contribution in [-0.2, 0) is 5.41 Å². The molecule has 0 unspecified atom stereocenters. The first-order chi connectivity index (χ1) is 12.4. The van der Waals surface area contributed by atoms with Crippen molar-refractivity contribution in [3.8, 4) is 0 Å². The molecule has 0 bridgehead atoms. The van der Waals surface area contributed by atoms with Crippen molar-refractivity contribution in [3.63, 3.8) is 0 Å². The number of aryl methyl sites for hydroxylation is 4. The Kier molecular flexibility index (Phi) is 6.42. The summed E-state index contributed by atoms with van der Waals surface area (Å²) in [4.78, 5) is 0. The summed E-state index contributed by atoms with van der Waals surface area (Å²) in [6, 6.07) is 24.8. The van der Waals surface area contributed by atoms with Gasteiger partial charge in [0.25, 0.3) is 0 Å². The number of benzene rings is 3. The third-order valence-electron chi connectivity index (χ3n) is 5.06. The molecular weight excluding hydrogens is 312 g/mol. The molecule has 0 saturated carbocycles. The van der Waals surface area contributed by atoms with Crippen molar-refractivity contribution in [1.82, 2.24) is 0 Å². The molecular formula is C26H32. The van der Waals surface area contributed by atoms with Gasteiger partial charge in [-0.2, -0.15) is 0 Å². The Morgan fingerprint density at radius 1 is 0.462 bits per heavy atom. The molecule has 3 aromatic rings. The molecule has 0 heteroatoms. The minimum Gasteiger partial charge on any atom is -0.0683 e. The average Bonchev–Trinajstić information content (AvgIpc) is 2.63. The topological polar surface area (TPSA) is 0 Å². The van der Waals surface area contributed by atoms with Gasteiger partial charge in [0.05, 0.1) is 0 Å². The summed E-state index contributed by atoms with van der Waals surface area (Å²) >= 11 is 0. The highest BCUT2D eigenvalue weighted by Gasteiger charge is 2.31. The van der Waals surface area contributed by atoms with Crippen LogP contribution < -0.4 is 0 Å². The second-order valence-corrected chi connectivity index (χ2v) is 7.23. The summed E-state index contributed by atoms with van der Waals surface area (Å²) in [5, 5.41) is 0. The highest BCUT2D eigenvalue weighted by Crippen LogP contribution is 2.39. The first kappa shape index (κ1) is 20.0. The molecule has 0 N–H and O–H groups in total. The van der Waals surface area contributed by atoms with Crippen LogP contribution in [-0.4, -0.2) is 0 Å². The Hall–Kier alpha value is -2.34. The smallest absolute Gasteiger partial charge is 0.0423 e. The molecule has 0 saturated heterocycles. The van der Waals surface area contributed by atoms with Gasteiger partial charge in [0.15, 0.2) is 0 Å². The normalized spacial score (nSPS) is 10.9. The second-order valence-electron chi connectivity index (χ2n) is 7.23. The average molecular weight is 345 g/mol. The van der Waals surface area contributed by atoms with Crippen molar-refractivity contribution in [2.24, 2.45) is 0 Å². The lowest BCUT2D eigenvalue weighted by Crippen LogP contribution is -2.25. The van der Waals surface area contributed by atoms with Gasteiger partial charge < -0.3 is 0 Å². The van der Waals surface area contributed by atoms with Crippen molar-refractivity contribution in [2.75, 3.05) is 0 Å². The molecule has 0 spiro atoms. The molecule has 26 heavy (non-hydrogen) atoms. The zero-order valence-corrected chi connectivity index (χ0v) is 17.4. The van der Waals surface area contributed by atoms with Gasteiger partial charge in [0.1, 0.15) is 0 Å². The molecule has 3 rings (SSSR count). The molecule has 0 atom stereocenters. The van der Waals surface area contributed by atoms with E-state index in [1.807, 2.05) is 13.8 Å². The van der Waals surface area contributed by atoms with Crippen LogP contribution in [0.2, 0.25) is 0 Å². The predicted octanol–water partition coefficient (Wildman–Crippen LogP) is 7.30. The van der Waals surface area contributed by atoms with Crippen LogP contribution in [0.1, 0.15) is 59.7 Å². The van der Waals surface area contributed by atoms with Gasteiger partial charge in [-0.05, 0) is 51.3 Å². The van der Waals surface area contributed by atoms with Crippen LogP contribution in [0, 0.1) is 27.7 Å². The Bertz CT molecular complexity index is 770. The van der Waals surface area contributed by atoms with E-state index in [1.54, 1.807) is 0 Å². The van der Waals surface area contributed by atoms with Crippen molar-refractivity contribution in [3.05, 3.63) is 106 Å². The van der Waals surface area contributed by atoms with Gasteiger partial charge in [-0.1, -0.05) is 103 Å². The van der Waals surface area contributed by atoms with Crippen LogP contribution in [0.4, 0.5) is 0 Å². The maximum Gasteiger partial charge on any atom is 0.0423 e. The van der Waals surface area contributed by atoms with Gasteiger partial charge in [-0.15, -0.1) is 0 Å². The molecule has 136 valence electrons. The number of hydrogen-bond donors (Lipinski definition) is 0. The summed E-state index contributed by atoms with van der Waals surface area (Å²) in [6.45, 7) is 15.0. The van der Waals surface area contributed by atoms with Crippen LogP contribution in [0.15, 0.2) is 66.7 Å². The summed E-state index contributed by atoms with van der Waals surface area (Å²) in [6.07, 6.45) is 0. The van der Waals surface area contributed by atoms with E-state index in [9.17, 15) is 0 Å². The van der Waals surface area contributed by atoms with Gasteiger partial charge in [0, 0.05) is 5.41 Å². The Morgan fingerprint density at radius 2 is 0.808 bits per heavy atom. The van der Waals surface area contributed by atoms with Crippen molar-refractivity contribution >= 4 is 0 Å². The van der Waals surface area contributed by atoms with Gasteiger partial charge in [-0.25, -0.2) is 0 Å². The summed E-state index contributed by atoms with van der Waals surface area (Å²) in [5.41, 5.74) is 9.09. The molecule has 0 aromatic heterocycles. The third kappa shape index (κ3) is 4.07. The molecule has 3 aromatic carbocycles. The quantitative estimate of drug-likeness (QED) is 0.437. The fourth-order valence-corrected chi connectivity index (χ4v) is 3.54. The third-order valence-corrected chi connectivity index (χ3v) is 5.06. The van der Waals surface area contributed by atoms with E-state index in [2.05, 4.69) is 101 Å². The van der Waals surface area contributed by atoms with Gasteiger partial charge in [-0.3, -0.25) is 0 Å². The minimum atomic E-state index is -0.155.